The molecule has 1 aliphatic rings. The number of rotatable bonds is 6. The lowest BCUT2D eigenvalue weighted by Crippen LogP contribution is -2.34. The maximum absolute atomic E-state index is 12.1. The monoisotopic (exact) mass is 362 g/mol. The number of para-hydroxylation sites is 1. The molecule has 0 bridgehead atoms. The van der Waals surface area contributed by atoms with Crippen molar-refractivity contribution in [3.8, 4) is 0 Å². The van der Waals surface area contributed by atoms with Gasteiger partial charge in [-0.1, -0.05) is 18.2 Å². The minimum atomic E-state index is -0.665. The Bertz CT molecular complexity index is 787. The fourth-order valence-corrected chi connectivity index (χ4v) is 2.81. The Morgan fingerprint density at radius 1 is 1.36 bits per heavy atom. The third-order valence-electron chi connectivity index (χ3n) is 3.12. The molecule has 0 aromatic heterocycles. The average molecular weight is 362 g/mol. The van der Waals surface area contributed by atoms with Crippen molar-refractivity contribution in [2.24, 2.45) is 0 Å². The first-order chi connectivity index (χ1) is 11.9. The van der Waals surface area contributed by atoms with Crippen LogP contribution < -0.4 is 0 Å². The first-order valence-corrected chi connectivity index (χ1v) is 8.06. The summed E-state index contributed by atoms with van der Waals surface area (Å²) in [6.07, 6.45) is 4.30. The van der Waals surface area contributed by atoms with Gasteiger partial charge >= 0.3 is 5.97 Å². The van der Waals surface area contributed by atoms with Gasteiger partial charge in [0, 0.05) is 6.07 Å². The summed E-state index contributed by atoms with van der Waals surface area (Å²) in [5.41, 5.74) is 0.303. The Kier molecular flexibility index (Phi) is 6.07. The molecule has 0 spiro atoms. The van der Waals surface area contributed by atoms with E-state index in [4.69, 9.17) is 4.74 Å². The number of carbonyl (C=O) groups is 3. The number of esters is 1. The molecule has 2 rings (SSSR count). The van der Waals surface area contributed by atoms with Gasteiger partial charge < -0.3 is 4.74 Å². The molecule has 130 valence electrons. The van der Waals surface area contributed by atoms with Gasteiger partial charge in [0.05, 0.1) is 22.0 Å². The lowest BCUT2D eigenvalue weighted by Gasteiger charge is -2.10. The standard InChI is InChI=1S/C16H14N2O6S/c1-2-24-14(19)10-17-15(20)13(25-16(17)21)9-5-7-11-6-3-4-8-12(11)18(22)23/h3-9H,2,10H2,1H3/b7-5+,13-9-. The van der Waals surface area contributed by atoms with Crippen molar-refractivity contribution in [3.63, 3.8) is 0 Å². The summed E-state index contributed by atoms with van der Waals surface area (Å²) < 4.78 is 4.72. The summed E-state index contributed by atoms with van der Waals surface area (Å²) in [5.74, 6) is -1.27. The minimum Gasteiger partial charge on any atom is -0.465 e. The molecule has 0 saturated carbocycles. The molecule has 2 amide bonds. The third kappa shape index (κ3) is 4.54. The van der Waals surface area contributed by atoms with Crippen LogP contribution in [0.4, 0.5) is 10.5 Å². The summed E-state index contributed by atoms with van der Waals surface area (Å²) in [6, 6.07) is 6.14. The summed E-state index contributed by atoms with van der Waals surface area (Å²) >= 11 is 0.693. The number of hydrogen-bond acceptors (Lipinski definition) is 7. The molecule has 0 aliphatic carbocycles. The van der Waals surface area contributed by atoms with Gasteiger partial charge in [-0.25, -0.2) is 0 Å². The van der Waals surface area contributed by atoms with Crippen molar-refractivity contribution in [2.75, 3.05) is 13.2 Å². The molecule has 1 saturated heterocycles. The van der Waals surface area contributed by atoms with Crippen LogP contribution >= 0.6 is 11.8 Å². The normalized spacial score (nSPS) is 16.0. The molecule has 25 heavy (non-hydrogen) atoms. The number of nitrogens with zero attached hydrogens (tertiary/aromatic N) is 2. The molecule has 0 N–H and O–H groups in total. The van der Waals surface area contributed by atoms with Crippen LogP contribution in [0.5, 0.6) is 0 Å². The quantitative estimate of drug-likeness (QED) is 0.331. The van der Waals surface area contributed by atoms with Crippen LogP contribution in [-0.2, 0) is 14.3 Å². The summed E-state index contributed by atoms with van der Waals surface area (Å²) in [4.78, 5) is 46.7. The zero-order chi connectivity index (χ0) is 18.4. The van der Waals surface area contributed by atoms with Crippen LogP contribution in [-0.4, -0.2) is 40.1 Å². The fourth-order valence-electron chi connectivity index (χ4n) is 2.02. The second kappa shape index (κ2) is 8.25. The van der Waals surface area contributed by atoms with Gasteiger partial charge in [0.1, 0.15) is 6.54 Å². The Morgan fingerprint density at radius 2 is 2.08 bits per heavy atom. The molecular formula is C16H14N2O6S. The SMILES string of the molecule is CCOC(=O)CN1C(=O)S/C(=C\C=C\c2ccccc2[N+](=O)[O-])C1=O. The van der Waals surface area contributed by atoms with Crippen LogP contribution in [0.3, 0.4) is 0 Å². The highest BCUT2D eigenvalue weighted by molar-refractivity contribution is 8.18. The lowest BCUT2D eigenvalue weighted by atomic mass is 10.1. The molecule has 0 unspecified atom stereocenters. The van der Waals surface area contributed by atoms with Crippen molar-refractivity contribution in [1.82, 2.24) is 4.90 Å². The molecule has 1 aromatic carbocycles. The first-order valence-electron chi connectivity index (χ1n) is 7.25. The predicted molar refractivity (Wildman–Crippen MR) is 91.5 cm³/mol. The van der Waals surface area contributed by atoms with E-state index in [0.29, 0.717) is 17.3 Å². The maximum Gasteiger partial charge on any atom is 0.326 e. The van der Waals surface area contributed by atoms with E-state index in [1.165, 1.54) is 24.3 Å². The number of carbonyl (C=O) groups excluding carboxylic acids is 3. The number of thioether (sulfide) groups is 1. The van der Waals surface area contributed by atoms with Crippen molar-refractivity contribution in [2.45, 2.75) is 6.92 Å². The number of nitro benzene ring substituents is 1. The van der Waals surface area contributed by atoms with E-state index in [2.05, 4.69) is 0 Å². The minimum absolute atomic E-state index is 0.0671. The number of benzene rings is 1. The van der Waals surface area contributed by atoms with Crippen molar-refractivity contribution in [3.05, 3.63) is 57.0 Å². The molecule has 8 nitrogen and oxygen atoms in total. The first kappa shape index (κ1) is 18.4. The second-order valence-corrected chi connectivity index (χ2v) is 5.76. The summed E-state index contributed by atoms with van der Waals surface area (Å²) in [5, 5.41) is 10.4. The number of imide groups is 1. The number of ether oxygens (including phenoxy) is 1. The van der Waals surface area contributed by atoms with E-state index >= 15 is 0 Å². The van der Waals surface area contributed by atoms with Gasteiger partial charge in [0.15, 0.2) is 0 Å². The van der Waals surface area contributed by atoms with Crippen molar-refractivity contribution < 1.29 is 24.0 Å². The van der Waals surface area contributed by atoms with Gasteiger partial charge in [-0.2, -0.15) is 0 Å². The predicted octanol–water partition coefficient (Wildman–Crippen LogP) is 2.75. The molecule has 1 fully saturated rings. The van der Waals surface area contributed by atoms with Crippen LogP contribution in [0.1, 0.15) is 12.5 Å². The molecule has 0 radical (unpaired) electrons. The highest BCUT2D eigenvalue weighted by Gasteiger charge is 2.36. The molecule has 1 aliphatic heterocycles. The van der Waals surface area contributed by atoms with Crippen LogP contribution in [0, 0.1) is 10.1 Å². The number of hydrogen-bond donors (Lipinski definition) is 0. The fraction of sp³-hybridized carbons (Fsp3) is 0.188. The highest BCUT2D eigenvalue weighted by Crippen LogP contribution is 2.30. The zero-order valence-electron chi connectivity index (χ0n) is 13.2. The van der Waals surface area contributed by atoms with E-state index < -0.39 is 28.6 Å². The largest absolute Gasteiger partial charge is 0.465 e. The smallest absolute Gasteiger partial charge is 0.326 e. The van der Waals surface area contributed by atoms with Crippen LogP contribution in [0.25, 0.3) is 6.08 Å². The van der Waals surface area contributed by atoms with E-state index in [0.717, 1.165) is 4.90 Å². The Labute approximate surface area is 147 Å². The van der Waals surface area contributed by atoms with Gasteiger partial charge in [-0.05, 0) is 36.9 Å². The Hall–Kier alpha value is -2.94. The molecule has 9 heteroatoms. The maximum atomic E-state index is 12.1. The molecule has 1 aromatic rings. The van der Waals surface area contributed by atoms with Crippen molar-refractivity contribution >= 4 is 40.6 Å². The molecular weight excluding hydrogens is 348 g/mol. The van der Waals surface area contributed by atoms with Gasteiger partial charge in [0.2, 0.25) is 0 Å². The van der Waals surface area contributed by atoms with E-state index in [1.54, 1.807) is 25.1 Å². The summed E-state index contributed by atoms with van der Waals surface area (Å²) in [6.45, 7) is 1.34. The van der Waals surface area contributed by atoms with Crippen LogP contribution in [0.2, 0.25) is 0 Å². The van der Waals surface area contributed by atoms with Crippen LogP contribution in [0.15, 0.2) is 41.3 Å². The zero-order valence-corrected chi connectivity index (χ0v) is 14.0. The van der Waals surface area contributed by atoms with Crippen molar-refractivity contribution in [1.29, 1.82) is 0 Å². The average Bonchev–Trinajstić information content (AvgIpc) is 2.83. The topological polar surface area (TPSA) is 107 Å². The van der Waals surface area contributed by atoms with E-state index in [-0.39, 0.29) is 17.2 Å². The van der Waals surface area contributed by atoms with Gasteiger partial charge in [-0.15, -0.1) is 0 Å². The van der Waals surface area contributed by atoms with E-state index in [9.17, 15) is 24.5 Å². The van der Waals surface area contributed by atoms with E-state index in [1.807, 2.05) is 0 Å². The second-order valence-electron chi connectivity index (χ2n) is 4.77. The molecule has 1 heterocycles. The third-order valence-corrected chi connectivity index (χ3v) is 4.05. The number of amides is 2. The summed E-state index contributed by atoms with van der Waals surface area (Å²) in [7, 11) is 0. The van der Waals surface area contributed by atoms with Gasteiger partial charge in [0.25, 0.3) is 16.8 Å². The number of nitro groups is 1. The lowest BCUT2D eigenvalue weighted by molar-refractivity contribution is -0.385. The molecule has 0 atom stereocenters. The number of allylic oxidation sites excluding steroid dienone is 2. The Morgan fingerprint density at radius 3 is 2.76 bits per heavy atom. The van der Waals surface area contributed by atoms with Gasteiger partial charge in [-0.3, -0.25) is 29.4 Å². The Balaban J connectivity index is 2.12. The highest BCUT2D eigenvalue weighted by atomic mass is 32.2.